The standard InChI is InChI=1S/C8H16N2O5/c1-5(9(11)12)7(3)15-8(4)6(2)10(13)14/h5-8H,1-4H3. The van der Waals surface area contributed by atoms with Gasteiger partial charge in [0, 0.05) is 23.7 Å². The molecular weight excluding hydrogens is 204 g/mol. The third kappa shape index (κ3) is 4.20. The lowest BCUT2D eigenvalue weighted by Gasteiger charge is -2.20. The highest BCUT2D eigenvalue weighted by Crippen LogP contribution is 2.09. The molecule has 0 heterocycles. The van der Waals surface area contributed by atoms with Crippen LogP contribution in [0.2, 0.25) is 0 Å². The van der Waals surface area contributed by atoms with Crippen molar-refractivity contribution in [2.45, 2.75) is 52.0 Å². The third-order valence-corrected chi connectivity index (χ3v) is 2.45. The molecule has 0 rings (SSSR count). The van der Waals surface area contributed by atoms with E-state index in [-0.39, 0.29) is 0 Å². The molecule has 4 atom stereocenters. The highest BCUT2D eigenvalue weighted by molar-refractivity contribution is 4.65. The summed E-state index contributed by atoms with van der Waals surface area (Å²) in [7, 11) is 0. The molecule has 0 N–H and O–H groups in total. The van der Waals surface area contributed by atoms with Gasteiger partial charge in [0.15, 0.2) is 0 Å². The van der Waals surface area contributed by atoms with Crippen LogP contribution in [-0.2, 0) is 4.74 Å². The second kappa shape index (κ2) is 5.59. The minimum absolute atomic E-state index is 0.464. The Balaban J connectivity index is 4.23. The van der Waals surface area contributed by atoms with Crippen LogP contribution in [0.25, 0.3) is 0 Å². The van der Waals surface area contributed by atoms with Gasteiger partial charge in [0.05, 0.1) is 0 Å². The molecule has 7 nitrogen and oxygen atoms in total. The molecule has 88 valence electrons. The van der Waals surface area contributed by atoms with Gasteiger partial charge in [-0.15, -0.1) is 0 Å². The summed E-state index contributed by atoms with van der Waals surface area (Å²) in [5.41, 5.74) is 0. The van der Waals surface area contributed by atoms with Crippen molar-refractivity contribution in [1.29, 1.82) is 0 Å². The van der Waals surface area contributed by atoms with Crippen LogP contribution in [0.3, 0.4) is 0 Å². The molecule has 0 aromatic heterocycles. The van der Waals surface area contributed by atoms with Crippen LogP contribution < -0.4 is 0 Å². The zero-order valence-electron chi connectivity index (χ0n) is 9.25. The molecule has 0 aromatic carbocycles. The minimum atomic E-state index is -0.869. The van der Waals surface area contributed by atoms with Gasteiger partial charge in [-0.05, 0) is 13.8 Å². The van der Waals surface area contributed by atoms with E-state index >= 15 is 0 Å². The number of hydrogen-bond acceptors (Lipinski definition) is 5. The molecule has 0 aromatic rings. The summed E-state index contributed by atoms with van der Waals surface area (Å²) in [6, 6.07) is -1.74. The maximum Gasteiger partial charge on any atom is 0.235 e. The largest absolute Gasteiger partial charge is 0.361 e. The first kappa shape index (κ1) is 13.8. The molecule has 7 heteroatoms. The molecule has 0 amide bonds. The summed E-state index contributed by atoms with van der Waals surface area (Å²) in [5.74, 6) is 0. The molecule has 15 heavy (non-hydrogen) atoms. The Morgan fingerprint density at radius 1 is 0.867 bits per heavy atom. The number of nitrogens with zero attached hydrogens (tertiary/aromatic N) is 2. The lowest BCUT2D eigenvalue weighted by atomic mass is 10.2. The fourth-order valence-electron chi connectivity index (χ4n) is 0.909. The number of ether oxygens (including phenoxy) is 1. The van der Waals surface area contributed by atoms with Crippen molar-refractivity contribution in [3.63, 3.8) is 0 Å². The maximum atomic E-state index is 10.4. The Morgan fingerprint density at radius 3 is 1.33 bits per heavy atom. The first-order chi connectivity index (χ1) is 6.77. The van der Waals surface area contributed by atoms with E-state index in [1.54, 1.807) is 0 Å². The van der Waals surface area contributed by atoms with E-state index in [1.165, 1.54) is 27.7 Å². The fourth-order valence-corrected chi connectivity index (χ4v) is 0.909. The summed E-state index contributed by atoms with van der Waals surface area (Å²) in [6.07, 6.45) is -1.28. The van der Waals surface area contributed by atoms with E-state index in [0.29, 0.717) is 0 Å². The highest BCUT2D eigenvalue weighted by Gasteiger charge is 2.30. The Kier molecular flexibility index (Phi) is 5.13. The normalized spacial score (nSPS) is 18.9. The number of nitro groups is 2. The second-order valence-corrected chi connectivity index (χ2v) is 3.60. The molecule has 0 bridgehead atoms. The quantitative estimate of drug-likeness (QED) is 0.493. The van der Waals surface area contributed by atoms with Crippen molar-refractivity contribution < 1.29 is 14.6 Å². The molecule has 0 aliphatic carbocycles. The van der Waals surface area contributed by atoms with Crippen molar-refractivity contribution in [1.82, 2.24) is 0 Å². The van der Waals surface area contributed by atoms with Gasteiger partial charge in [0.25, 0.3) is 0 Å². The van der Waals surface area contributed by atoms with Crippen molar-refractivity contribution in [2.24, 2.45) is 0 Å². The van der Waals surface area contributed by atoms with Crippen LogP contribution >= 0.6 is 0 Å². The third-order valence-electron chi connectivity index (χ3n) is 2.45. The SMILES string of the molecule is CC(OC(C)C(C)[N+](=O)[O-])C(C)[N+](=O)[O-]. The summed E-state index contributed by atoms with van der Waals surface area (Å²) >= 11 is 0. The average Bonchev–Trinajstić information content (AvgIpc) is 2.14. The first-order valence-corrected chi connectivity index (χ1v) is 4.69. The Hall–Kier alpha value is -1.24. The van der Waals surface area contributed by atoms with Crippen LogP contribution in [0.15, 0.2) is 0 Å². The zero-order chi connectivity index (χ0) is 12.2. The van der Waals surface area contributed by atoms with Gasteiger partial charge in [-0.1, -0.05) is 0 Å². The Morgan fingerprint density at radius 2 is 1.13 bits per heavy atom. The number of rotatable bonds is 6. The van der Waals surface area contributed by atoms with Gasteiger partial charge >= 0.3 is 0 Å². The zero-order valence-corrected chi connectivity index (χ0v) is 9.25. The van der Waals surface area contributed by atoms with Crippen LogP contribution in [0.4, 0.5) is 0 Å². The molecule has 0 aliphatic rings. The van der Waals surface area contributed by atoms with Crippen molar-refractivity contribution >= 4 is 0 Å². The predicted octanol–water partition coefficient (Wildman–Crippen LogP) is 1.11. The van der Waals surface area contributed by atoms with Crippen LogP contribution in [0.1, 0.15) is 27.7 Å². The summed E-state index contributed by atoms with van der Waals surface area (Å²) in [5, 5.41) is 20.8. The molecule has 0 saturated carbocycles. The smallest absolute Gasteiger partial charge is 0.235 e. The second-order valence-electron chi connectivity index (χ2n) is 3.60. The first-order valence-electron chi connectivity index (χ1n) is 4.69. The maximum absolute atomic E-state index is 10.4. The van der Waals surface area contributed by atoms with Crippen LogP contribution in [-0.4, -0.2) is 34.1 Å². The summed E-state index contributed by atoms with van der Waals surface area (Å²) in [4.78, 5) is 19.9. The lowest BCUT2D eigenvalue weighted by Crippen LogP contribution is -2.38. The minimum Gasteiger partial charge on any atom is -0.361 e. The monoisotopic (exact) mass is 220 g/mol. The Labute approximate surface area is 87.7 Å². The van der Waals surface area contributed by atoms with Crippen LogP contribution in [0, 0.1) is 20.2 Å². The van der Waals surface area contributed by atoms with E-state index in [4.69, 9.17) is 4.74 Å². The molecule has 0 radical (unpaired) electrons. The van der Waals surface area contributed by atoms with Gasteiger partial charge in [0.2, 0.25) is 12.1 Å². The van der Waals surface area contributed by atoms with E-state index in [9.17, 15) is 20.2 Å². The molecule has 0 aliphatic heterocycles. The summed E-state index contributed by atoms with van der Waals surface area (Å²) in [6.45, 7) is 5.90. The molecule has 0 fully saturated rings. The topological polar surface area (TPSA) is 95.5 Å². The van der Waals surface area contributed by atoms with Crippen LogP contribution in [0.5, 0.6) is 0 Å². The van der Waals surface area contributed by atoms with Gasteiger partial charge < -0.3 is 4.74 Å². The summed E-state index contributed by atoms with van der Waals surface area (Å²) < 4.78 is 5.21. The van der Waals surface area contributed by atoms with Gasteiger partial charge in [-0.25, -0.2) is 0 Å². The predicted molar refractivity (Wildman–Crippen MR) is 52.9 cm³/mol. The van der Waals surface area contributed by atoms with E-state index in [0.717, 1.165) is 0 Å². The van der Waals surface area contributed by atoms with Gasteiger partial charge in [-0.2, -0.15) is 0 Å². The number of hydrogen-bond donors (Lipinski definition) is 0. The lowest BCUT2D eigenvalue weighted by molar-refractivity contribution is -0.545. The van der Waals surface area contributed by atoms with Gasteiger partial charge in [-0.3, -0.25) is 20.2 Å². The van der Waals surface area contributed by atoms with E-state index < -0.39 is 34.1 Å². The van der Waals surface area contributed by atoms with Crippen molar-refractivity contribution in [3.8, 4) is 0 Å². The molecule has 4 unspecified atom stereocenters. The highest BCUT2D eigenvalue weighted by atomic mass is 16.6. The van der Waals surface area contributed by atoms with Gasteiger partial charge in [0.1, 0.15) is 12.2 Å². The molecule has 0 saturated heterocycles. The molecule has 0 spiro atoms. The van der Waals surface area contributed by atoms with Crippen molar-refractivity contribution in [3.05, 3.63) is 20.2 Å². The molecular formula is C8H16N2O5. The van der Waals surface area contributed by atoms with E-state index in [1.807, 2.05) is 0 Å². The van der Waals surface area contributed by atoms with E-state index in [2.05, 4.69) is 0 Å². The van der Waals surface area contributed by atoms with Crippen molar-refractivity contribution in [2.75, 3.05) is 0 Å². The fraction of sp³-hybridized carbons (Fsp3) is 1.00. The Bertz CT molecular complexity index is 221. The average molecular weight is 220 g/mol.